The van der Waals surface area contributed by atoms with Crippen LogP contribution in [-0.4, -0.2) is 28.1 Å². The molecule has 1 amide bonds. The van der Waals surface area contributed by atoms with Gasteiger partial charge in [-0.3, -0.25) is 9.78 Å². The standard InChI is InChI=1S/C10H15N3O2/c1-7(14)9(11)10(15)13-6-8-4-2-3-5-12-8/h2-5,7,9,14H,6,11H2,1H3,(H,13,15)/t7-,9+/m1/s1. The molecule has 0 bridgehead atoms. The highest BCUT2D eigenvalue weighted by Crippen LogP contribution is 1.94. The third-order valence-corrected chi connectivity index (χ3v) is 1.99. The molecule has 0 radical (unpaired) electrons. The van der Waals surface area contributed by atoms with Crippen molar-refractivity contribution in [3.8, 4) is 0 Å². The Labute approximate surface area is 88.3 Å². The second kappa shape index (κ2) is 5.43. The monoisotopic (exact) mass is 209 g/mol. The summed E-state index contributed by atoms with van der Waals surface area (Å²) < 4.78 is 0. The molecule has 82 valence electrons. The zero-order valence-corrected chi connectivity index (χ0v) is 8.55. The third kappa shape index (κ3) is 3.65. The highest BCUT2D eigenvalue weighted by Gasteiger charge is 2.17. The van der Waals surface area contributed by atoms with Crippen LogP contribution < -0.4 is 11.1 Å². The van der Waals surface area contributed by atoms with Gasteiger partial charge in [0.25, 0.3) is 0 Å². The van der Waals surface area contributed by atoms with Gasteiger partial charge in [-0.25, -0.2) is 0 Å². The number of amides is 1. The van der Waals surface area contributed by atoms with Crippen LogP contribution in [0.3, 0.4) is 0 Å². The van der Waals surface area contributed by atoms with E-state index < -0.39 is 12.1 Å². The number of aliphatic hydroxyl groups is 1. The van der Waals surface area contributed by atoms with Crippen LogP contribution in [0.5, 0.6) is 0 Å². The average molecular weight is 209 g/mol. The summed E-state index contributed by atoms with van der Waals surface area (Å²) in [5.74, 6) is -0.379. The van der Waals surface area contributed by atoms with E-state index in [9.17, 15) is 4.79 Å². The molecular formula is C10H15N3O2. The Morgan fingerprint density at radius 2 is 2.40 bits per heavy atom. The van der Waals surface area contributed by atoms with Crippen LogP contribution in [0.25, 0.3) is 0 Å². The van der Waals surface area contributed by atoms with Crippen molar-refractivity contribution in [2.75, 3.05) is 0 Å². The Bertz CT molecular complexity index is 314. The average Bonchev–Trinajstić information content (AvgIpc) is 2.26. The first-order chi connectivity index (χ1) is 7.11. The lowest BCUT2D eigenvalue weighted by Crippen LogP contribution is -2.46. The van der Waals surface area contributed by atoms with Gasteiger partial charge in [0, 0.05) is 6.20 Å². The molecule has 4 N–H and O–H groups in total. The molecule has 15 heavy (non-hydrogen) atoms. The fourth-order valence-corrected chi connectivity index (χ4v) is 1.02. The summed E-state index contributed by atoms with van der Waals surface area (Å²) in [7, 11) is 0. The van der Waals surface area contributed by atoms with E-state index >= 15 is 0 Å². The summed E-state index contributed by atoms with van der Waals surface area (Å²) >= 11 is 0. The van der Waals surface area contributed by atoms with Crippen LogP contribution in [0.4, 0.5) is 0 Å². The normalized spacial score (nSPS) is 14.3. The van der Waals surface area contributed by atoms with E-state index in [0.717, 1.165) is 5.69 Å². The van der Waals surface area contributed by atoms with E-state index in [1.54, 1.807) is 18.3 Å². The van der Waals surface area contributed by atoms with Gasteiger partial charge >= 0.3 is 0 Å². The van der Waals surface area contributed by atoms with Gasteiger partial charge in [0.15, 0.2) is 0 Å². The zero-order valence-electron chi connectivity index (χ0n) is 8.55. The van der Waals surface area contributed by atoms with Crippen LogP contribution >= 0.6 is 0 Å². The van der Waals surface area contributed by atoms with E-state index in [-0.39, 0.29) is 5.91 Å². The zero-order chi connectivity index (χ0) is 11.3. The Morgan fingerprint density at radius 3 is 2.93 bits per heavy atom. The topological polar surface area (TPSA) is 88.2 Å². The molecule has 0 aliphatic heterocycles. The maximum atomic E-state index is 11.3. The number of carbonyl (C=O) groups is 1. The maximum Gasteiger partial charge on any atom is 0.239 e. The molecule has 5 nitrogen and oxygen atoms in total. The molecule has 0 aromatic carbocycles. The summed E-state index contributed by atoms with van der Waals surface area (Å²) in [4.78, 5) is 15.4. The number of hydrogen-bond donors (Lipinski definition) is 3. The molecule has 1 heterocycles. The number of rotatable bonds is 4. The van der Waals surface area contributed by atoms with Crippen molar-refractivity contribution in [1.82, 2.24) is 10.3 Å². The summed E-state index contributed by atoms with van der Waals surface area (Å²) in [6.07, 6.45) is 0.796. The van der Waals surface area contributed by atoms with E-state index in [1.165, 1.54) is 6.92 Å². The minimum atomic E-state index is -0.895. The predicted octanol–water partition coefficient (Wildman–Crippen LogP) is -0.594. The van der Waals surface area contributed by atoms with Crippen LogP contribution in [0.2, 0.25) is 0 Å². The van der Waals surface area contributed by atoms with Crippen molar-refractivity contribution in [3.05, 3.63) is 30.1 Å². The Morgan fingerprint density at radius 1 is 1.67 bits per heavy atom. The number of aromatic nitrogens is 1. The molecule has 0 fully saturated rings. The first kappa shape index (κ1) is 11.6. The summed E-state index contributed by atoms with van der Waals surface area (Å²) in [5.41, 5.74) is 6.20. The number of carbonyl (C=O) groups excluding carboxylic acids is 1. The Hall–Kier alpha value is -1.46. The summed E-state index contributed by atoms with van der Waals surface area (Å²) in [6, 6.07) is 4.54. The summed E-state index contributed by atoms with van der Waals surface area (Å²) in [6.45, 7) is 1.80. The van der Waals surface area contributed by atoms with Gasteiger partial charge in [-0.2, -0.15) is 0 Å². The molecule has 0 spiro atoms. The van der Waals surface area contributed by atoms with Crippen molar-refractivity contribution >= 4 is 5.91 Å². The SMILES string of the molecule is C[C@@H](O)[C@H](N)C(=O)NCc1ccccn1. The first-order valence-electron chi connectivity index (χ1n) is 4.72. The van der Waals surface area contributed by atoms with Crippen molar-refractivity contribution in [3.63, 3.8) is 0 Å². The molecule has 1 aromatic heterocycles. The number of aliphatic hydroxyl groups excluding tert-OH is 1. The largest absolute Gasteiger partial charge is 0.391 e. The van der Waals surface area contributed by atoms with Crippen LogP contribution in [0.1, 0.15) is 12.6 Å². The first-order valence-corrected chi connectivity index (χ1v) is 4.72. The molecule has 0 saturated heterocycles. The molecule has 0 aliphatic carbocycles. The quantitative estimate of drug-likeness (QED) is 0.618. The number of hydrogen-bond acceptors (Lipinski definition) is 4. The van der Waals surface area contributed by atoms with E-state index in [4.69, 9.17) is 10.8 Å². The van der Waals surface area contributed by atoms with Crippen molar-refractivity contribution < 1.29 is 9.90 Å². The Kier molecular flexibility index (Phi) is 4.20. The number of nitrogens with zero attached hydrogens (tertiary/aromatic N) is 1. The minimum Gasteiger partial charge on any atom is -0.391 e. The lowest BCUT2D eigenvalue weighted by atomic mass is 10.2. The third-order valence-electron chi connectivity index (χ3n) is 1.99. The maximum absolute atomic E-state index is 11.3. The molecule has 0 unspecified atom stereocenters. The van der Waals surface area contributed by atoms with Gasteiger partial charge < -0.3 is 16.2 Å². The van der Waals surface area contributed by atoms with Crippen molar-refractivity contribution in [2.24, 2.45) is 5.73 Å². The van der Waals surface area contributed by atoms with Crippen LogP contribution in [0.15, 0.2) is 24.4 Å². The van der Waals surface area contributed by atoms with Crippen LogP contribution in [0, 0.1) is 0 Å². The molecule has 0 aliphatic rings. The molecular weight excluding hydrogens is 194 g/mol. The van der Waals surface area contributed by atoms with E-state index in [2.05, 4.69) is 10.3 Å². The lowest BCUT2D eigenvalue weighted by molar-refractivity contribution is -0.124. The molecule has 1 aromatic rings. The van der Waals surface area contributed by atoms with Gasteiger partial charge in [0.2, 0.25) is 5.91 Å². The van der Waals surface area contributed by atoms with Gasteiger partial charge in [-0.1, -0.05) is 6.07 Å². The molecule has 1 rings (SSSR count). The van der Waals surface area contributed by atoms with E-state index in [0.29, 0.717) is 6.54 Å². The molecule has 0 saturated carbocycles. The fourth-order valence-electron chi connectivity index (χ4n) is 1.02. The fraction of sp³-hybridized carbons (Fsp3) is 0.400. The number of pyridine rings is 1. The lowest BCUT2D eigenvalue weighted by Gasteiger charge is -2.14. The molecule has 2 atom stereocenters. The Balaban J connectivity index is 2.41. The van der Waals surface area contributed by atoms with Crippen molar-refractivity contribution in [2.45, 2.75) is 25.6 Å². The minimum absolute atomic E-state index is 0.320. The number of nitrogens with two attached hydrogens (primary N) is 1. The van der Waals surface area contributed by atoms with E-state index in [1.807, 2.05) is 6.07 Å². The summed E-state index contributed by atoms with van der Waals surface area (Å²) in [5, 5.41) is 11.7. The van der Waals surface area contributed by atoms with Gasteiger partial charge in [0.05, 0.1) is 18.3 Å². The van der Waals surface area contributed by atoms with Gasteiger partial charge in [-0.05, 0) is 19.1 Å². The van der Waals surface area contributed by atoms with Crippen LogP contribution in [-0.2, 0) is 11.3 Å². The smallest absolute Gasteiger partial charge is 0.239 e. The van der Waals surface area contributed by atoms with Crippen molar-refractivity contribution in [1.29, 1.82) is 0 Å². The predicted molar refractivity (Wildman–Crippen MR) is 55.7 cm³/mol. The second-order valence-corrected chi connectivity index (χ2v) is 3.31. The highest BCUT2D eigenvalue weighted by atomic mass is 16.3. The molecule has 5 heteroatoms. The highest BCUT2D eigenvalue weighted by molar-refractivity contribution is 5.81. The number of nitrogens with one attached hydrogen (secondary N) is 1. The second-order valence-electron chi connectivity index (χ2n) is 3.31. The van der Waals surface area contributed by atoms with Gasteiger partial charge in [-0.15, -0.1) is 0 Å². The van der Waals surface area contributed by atoms with Gasteiger partial charge in [0.1, 0.15) is 6.04 Å².